The van der Waals surface area contributed by atoms with Crippen LogP contribution in [0.25, 0.3) is 22.8 Å². The number of nitrogens with zero attached hydrogens (tertiary/aromatic N) is 4. The van der Waals surface area contributed by atoms with Gasteiger partial charge in [-0.05, 0) is 29.8 Å². The van der Waals surface area contributed by atoms with Crippen molar-refractivity contribution in [3.63, 3.8) is 0 Å². The van der Waals surface area contributed by atoms with Crippen molar-refractivity contribution in [2.75, 3.05) is 0 Å². The Bertz CT molecular complexity index is 1190. The fourth-order valence-corrected chi connectivity index (χ4v) is 3.14. The number of rotatable bonds is 5. The van der Waals surface area contributed by atoms with Crippen molar-refractivity contribution < 1.29 is 14.4 Å². The number of hydrogen-bond acceptors (Lipinski definition) is 7. The van der Waals surface area contributed by atoms with Crippen LogP contribution in [-0.4, -0.2) is 31.1 Å². The number of carbonyl (C=O) groups is 1. The molecule has 0 atom stereocenters. The second-order valence-corrected chi connectivity index (χ2v) is 6.98. The molecule has 30 heavy (non-hydrogen) atoms. The summed E-state index contributed by atoms with van der Waals surface area (Å²) in [5.74, 6) is -0.281. The number of benzene rings is 2. The van der Waals surface area contributed by atoms with Gasteiger partial charge in [-0.25, -0.2) is 9.97 Å². The Morgan fingerprint density at radius 2 is 1.73 bits per heavy atom. The van der Waals surface area contributed by atoms with Gasteiger partial charge in [0.15, 0.2) is 11.6 Å². The number of aromatic hydroxyl groups is 1. The topological polar surface area (TPSA) is 114 Å². The van der Waals surface area contributed by atoms with E-state index in [9.17, 15) is 9.90 Å². The van der Waals surface area contributed by atoms with Crippen molar-refractivity contribution in [3.8, 4) is 28.5 Å². The van der Waals surface area contributed by atoms with Crippen LogP contribution in [0.5, 0.6) is 5.75 Å². The van der Waals surface area contributed by atoms with Gasteiger partial charge in [-0.2, -0.15) is 4.98 Å². The lowest BCUT2D eigenvalue weighted by atomic mass is 10.1. The Balaban J connectivity index is 1.46. The molecule has 0 aliphatic carbocycles. The van der Waals surface area contributed by atoms with E-state index in [1.54, 1.807) is 18.5 Å². The summed E-state index contributed by atoms with van der Waals surface area (Å²) in [6.07, 6.45) is 3.33. The first kappa shape index (κ1) is 19.8. The number of phenols is 1. The van der Waals surface area contributed by atoms with Crippen LogP contribution in [0.2, 0.25) is 10.0 Å². The van der Waals surface area contributed by atoms with Crippen LogP contribution in [0.1, 0.15) is 16.2 Å². The Morgan fingerprint density at radius 3 is 2.47 bits per heavy atom. The molecule has 1 amide bonds. The minimum absolute atomic E-state index is 0.0376. The van der Waals surface area contributed by atoms with Gasteiger partial charge in [-0.1, -0.05) is 46.6 Å². The first-order valence-corrected chi connectivity index (χ1v) is 9.43. The summed E-state index contributed by atoms with van der Waals surface area (Å²) in [4.78, 5) is 24.9. The molecule has 0 saturated carbocycles. The van der Waals surface area contributed by atoms with Gasteiger partial charge in [-0.3, -0.25) is 4.79 Å². The minimum atomic E-state index is -0.536. The van der Waals surface area contributed by atoms with Gasteiger partial charge in [0.2, 0.25) is 5.82 Å². The highest BCUT2D eigenvalue weighted by molar-refractivity contribution is 6.37. The highest BCUT2D eigenvalue weighted by Gasteiger charge is 2.18. The van der Waals surface area contributed by atoms with Crippen molar-refractivity contribution >= 4 is 29.1 Å². The molecule has 0 aliphatic rings. The molecule has 0 radical (unpaired) electrons. The maximum atomic E-state index is 12.4. The summed E-state index contributed by atoms with van der Waals surface area (Å²) in [6, 6.07) is 12.1. The molecule has 0 bridgehead atoms. The monoisotopic (exact) mass is 441 g/mol. The molecular formula is C20H13Cl2N5O3. The maximum absolute atomic E-state index is 12.4. The normalized spacial score (nSPS) is 10.7. The molecule has 2 aromatic carbocycles. The smallest absolute Gasteiger partial charge is 0.316 e. The van der Waals surface area contributed by atoms with Crippen molar-refractivity contribution in [2.45, 2.75) is 6.54 Å². The van der Waals surface area contributed by atoms with E-state index in [2.05, 4.69) is 25.4 Å². The van der Waals surface area contributed by atoms with E-state index in [4.69, 9.17) is 27.7 Å². The van der Waals surface area contributed by atoms with E-state index in [0.29, 0.717) is 11.4 Å². The molecule has 0 unspecified atom stereocenters. The van der Waals surface area contributed by atoms with Crippen LogP contribution < -0.4 is 5.32 Å². The zero-order chi connectivity index (χ0) is 21.1. The van der Waals surface area contributed by atoms with Crippen LogP contribution in [0.3, 0.4) is 0 Å². The number of amides is 1. The largest absolute Gasteiger partial charge is 0.505 e. The fourth-order valence-electron chi connectivity index (χ4n) is 2.65. The van der Waals surface area contributed by atoms with Crippen molar-refractivity contribution in [2.24, 2.45) is 0 Å². The van der Waals surface area contributed by atoms with E-state index >= 15 is 0 Å². The van der Waals surface area contributed by atoms with Gasteiger partial charge in [0.05, 0.1) is 10.0 Å². The number of halogens is 2. The summed E-state index contributed by atoms with van der Waals surface area (Å²) in [5.41, 5.74) is 2.09. The SMILES string of the molecule is O=C(NCc1cccc(-c2ncccn2)c1)c1nc(-c2cc(Cl)c(O)c(Cl)c2)no1. The Hall–Kier alpha value is -3.49. The van der Waals surface area contributed by atoms with E-state index < -0.39 is 5.91 Å². The second-order valence-electron chi connectivity index (χ2n) is 6.17. The molecule has 2 heterocycles. The quantitative estimate of drug-likeness (QED) is 0.478. The fraction of sp³-hybridized carbons (Fsp3) is 0.0500. The van der Waals surface area contributed by atoms with E-state index in [1.807, 2.05) is 24.3 Å². The average molecular weight is 442 g/mol. The average Bonchev–Trinajstić information content (AvgIpc) is 3.27. The first-order valence-electron chi connectivity index (χ1n) is 8.68. The van der Waals surface area contributed by atoms with Crippen LogP contribution >= 0.6 is 23.2 Å². The summed E-state index contributed by atoms with van der Waals surface area (Å²) >= 11 is 11.8. The van der Waals surface area contributed by atoms with E-state index in [1.165, 1.54) is 12.1 Å². The molecule has 0 fully saturated rings. The molecular weight excluding hydrogens is 429 g/mol. The number of hydrogen-bond donors (Lipinski definition) is 2. The molecule has 10 heteroatoms. The lowest BCUT2D eigenvalue weighted by molar-refractivity contribution is 0.0907. The van der Waals surface area contributed by atoms with E-state index in [-0.39, 0.29) is 34.1 Å². The van der Waals surface area contributed by atoms with Crippen LogP contribution in [-0.2, 0) is 6.54 Å². The second kappa shape index (κ2) is 8.48. The van der Waals surface area contributed by atoms with Gasteiger partial charge in [0.1, 0.15) is 0 Å². The summed E-state index contributed by atoms with van der Waals surface area (Å²) in [5, 5.41) is 16.2. The lowest BCUT2D eigenvalue weighted by Crippen LogP contribution is -2.23. The number of aromatic nitrogens is 4. The van der Waals surface area contributed by atoms with Gasteiger partial charge in [0, 0.05) is 30.1 Å². The Morgan fingerprint density at radius 1 is 1.00 bits per heavy atom. The summed E-state index contributed by atoms with van der Waals surface area (Å²) < 4.78 is 5.03. The lowest BCUT2D eigenvalue weighted by Gasteiger charge is -2.05. The summed E-state index contributed by atoms with van der Waals surface area (Å²) in [6.45, 7) is 0.244. The predicted molar refractivity (Wildman–Crippen MR) is 110 cm³/mol. The maximum Gasteiger partial charge on any atom is 0.316 e. The third kappa shape index (κ3) is 4.24. The minimum Gasteiger partial charge on any atom is -0.505 e. The molecule has 0 saturated heterocycles. The standard InChI is InChI=1S/C20H13Cl2N5O3/c21-14-8-13(9-15(22)16(14)28)18-26-20(30-27-18)19(29)25-10-11-3-1-4-12(7-11)17-23-5-2-6-24-17/h1-9,28H,10H2,(H,25,29). The molecule has 2 N–H and O–H groups in total. The van der Waals surface area contributed by atoms with Crippen LogP contribution in [0, 0.1) is 0 Å². The van der Waals surface area contributed by atoms with Gasteiger partial charge in [0.25, 0.3) is 0 Å². The number of phenolic OH excluding ortho intramolecular Hbond substituents is 1. The van der Waals surface area contributed by atoms with Gasteiger partial charge >= 0.3 is 11.8 Å². The zero-order valence-corrected chi connectivity index (χ0v) is 16.7. The van der Waals surface area contributed by atoms with Gasteiger partial charge < -0.3 is 14.9 Å². The van der Waals surface area contributed by atoms with Crippen molar-refractivity contribution in [3.05, 3.63) is 76.4 Å². The van der Waals surface area contributed by atoms with E-state index in [0.717, 1.165) is 11.1 Å². The molecule has 2 aromatic heterocycles. The van der Waals surface area contributed by atoms with Gasteiger partial charge in [-0.15, -0.1) is 0 Å². The molecule has 150 valence electrons. The predicted octanol–water partition coefficient (Wildman–Crippen LogP) is 4.14. The zero-order valence-electron chi connectivity index (χ0n) is 15.2. The molecule has 8 nitrogen and oxygen atoms in total. The van der Waals surface area contributed by atoms with Crippen LogP contribution in [0.4, 0.5) is 0 Å². The molecule has 0 spiro atoms. The van der Waals surface area contributed by atoms with Crippen molar-refractivity contribution in [1.82, 2.24) is 25.4 Å². The number of carbonyl (C=O) groups excluding carboxylic acids is 1. The molecule has 4 aromatic rings. The highest BCUT2D eigenvalue weighted by atomic mass is 35.5. The first-order chi connectivity index (χ1) is 14.5. The number of nitrogens with one attached hydrogen (secondary N) is 1. The third-order valence-corrected chi connectivity index (χ3v) is 4.68. The molecule has 4 rings (SSSR count). The van der Waals surface area contributed by atoms with Crippen molar-refractivity contribution in [1.29, 1.82) is 0 Å². The molecule has 0 aliphatic heterocycles. The Kier molecular flexibility index (Phi) is 5.60. The third-order valence-electron chi connectivity index (χ3n) is 4.10. The Labute approximate surface area is 180 Å². The van der Waals surface area contributed by atoms with Crippen LogP contribution in [0.15, 0.2) is 59.4 Å². The highest BCUT2D eigenvalue weighted by Crippen LogP contribution is 2.35. The summed E-state index contributed by atoms with van der Waals surface area (Å²) in [7, 11) is 0.